The number of halogens is 1. The average molecular weight is 327 g/mol. The second-order valence-electron chi connectivity index (χ2n) is 5.73. The maximum atomic E-state index is 12.5. The number of pyridine rings is 1. The molecule has 4 nitrogen and oxygen atoms in total. The van der Waals surface area contributed by atoms with Gasteiger partial charge in [-0.05, 0) is 50.6 Å². The number of hydrogen-bond acceptors (Lipinski definition) is 3. The number of nitrogens with one attached hydrogen (secondary N) is 1. The summed E-state index contributed by atoms with van der Waals surface area (Å²) in [6.45, 7) is 5.80. The first-order valence-electron chi connectivity index (χ1n) is 6.84. The highest BCUT2D eigenvalue weighted by molar-refractivity contribution is 7.89. The maximum absolute atomic E-state index is 12.5. The van der Waals surface area contributed by atoms with Crippen LogP contribution in [0.2, 0.25) is 5.15 Å². The van der Waals surface area contributed by atoms with Gasteiger partial charge in [-0.15, -0.1) is 0 Å². The number of hydrogen-bond donors (Lipinski definition) is 1. The number of nitrogens with zero attached hydrogens (tertiary/aromatic N) is 1. The van der Waals surface area contributed by atoms with Crippen LogP contribution >= 0.6 is 11.6 Å². The van der Waals surface area contributed by atoms with Gasteiger partial charge in [0, 0.05) is 10.9 Å². The van der Waals surface area contributed by atoms with Gasteiger partial charge in [0.1, 0.15) is 5.15 Å². The summed E-state index contributed by atoms with van der Waals surface area (Å²) in [5.41, 5.74) is 0.204. The summed E-state index contributed by atoms with van der Waals surface area (Å²) in [6.07, 6.45) is 1.69. The van der Waals surface area contributed by atoms with Gasteiger partial charge in [0.2, 0.25) is 10.0 Å². The van der Waals surface area contributed by atoms with Crippen LogP contribution < -0.4 is 4.72 Å². The predicted octanol–water partition coefficient (Wildman–Crippen LogP) is 3.75. The molecule has 0 unspecified atom stereocenters. The Labute approximate surface area is 130 Å². The second kappa shape index (κ2) is 5.91. The van der Waals surface area contributed by atoms with Gasteiger partial charge in [-0.2, -0.15) is 0 Å². The Bertz CT molecular complexity index is 757. The van der Waals surface area contributed by atoms with Crippen LogP contribution in [0.4, 0.5) is 0 Å². The smallest absolute Gasteiger partial charge is 0.236 e. The molecule has 0 atom stereocenters. The van der Waals surface area contributed by atoms with E-state index in [1.165, 1.54) is 0 Å². The molecule has 6 heteroatoms. The number of benzene rings is 1. The van der Waals surface area contributed by atoms with Crippen LogP contribution in [0.3, 0.4) is 0 Å². The fourth-order valence-corrected chi connectivity index (χ4v) is 3.98. The van der Waals surface area contributed by atoms with Crippen LogP contribution in [-0.2, 0) is 10.0 Å². The summed E-state index contributed by atoms with van der Waals surface area (Å²) in [4.78, 5) is 4.39. The van der Waals surface area contributed by atoms with Crippen molar-refractivity contribution in [2.45, 2.75) is 44.0 Å². The van der Waals surface area contributed by atoms with Gasteiger partial charge in [-0.25, -0.2) is 18.1 Å². The minimum atomic E-state index is -3.55. The molecule has 0 aliphatic heterocycles. The second-order valence-corrected chi connectivity index (χ2v) is 7.80. The highest BCUT2D eigenvalue weighted by atomic mass is 35.5. The zero-order valence-electron chi connectivity index (χ0n) is 12.4. The van der Waals surface area contributed by atoms with Crippen molar-refractivity contribution in [1.82, 2.24) is 9.71 Å². The first kappa shape index (κ1) is 16.2. The van der Waals surface area contributed by atoms with E-state index in [4.69, 9.17) is 11.6 Å². The Morgan fingerprint density at radius 1 is 1.24 bits per heavy atom. The topological polar surface area (TPSA) is 59.1 Å². The molecule has 0 aliphatic rings. The number of rotatable bonds is 5. The van der Waals surface area contributed by atoms with Crippen molar-refractivity contribution in [2.75, 3.05) is 0 Å². The van der Waals surface area contributed by atoms with Crippen LogP contribution in [0.1, 0.15) is 33.6 Å². The Hall–Kier alpha value is -1.17. The average Bonchev–Trinajstić information content (AvgIpc) is 2.36. The van der Waals surface area contributed by atoms with E-state index in [1.54, 1.807) is 30.3 Å². The predicted molar refractivity (Wildman–Crippen MR) is 86.1 cm³/mol. The normalized spacial score (nSPS) is 12.8. The third-order valence-electron chi connectivity index (χ3n) is 3.22. The lowest BCUT2D eigenvalue weighted by Gasteiger charge is -2.25. The number of sulfonamides is 1. The van der Waals surface area contributed by atoms with Gasteiger partial charge in [0.15, 0.2) is 0 Å². The molecular weight excluding hydrogens is 308 g/mol. The Kier molecular flexibility index (Phi) is 4.56. The molecule has 1 aromatic heterocycles. The first-order valence-corrected chi connectivity index (χ1v) is 8.70. The summed E-state index contributed by atoms with van der Waals surface area (Å²) in [5.74, 6) is 0. The lowest BCUT2D eigenvalue weighted by molar-refractivity contribution is 0.418. The van der Waals surface area contributed by atoms with E-state index in [0.717, 1.165) is 18.2 Å². The monoisotopic (exact) mass is 326 g/mol. The van der Waals surface area contributed by atoms with Crippen molar-refractivity contribution in [3.8, 4) is 0 Å². The molecule has 0 aliphatic carbocycles. The van der Waals surface area contributed by atoms with Gasteiger partial charge >= 0.3 is 0 Å². The van der Waals surface area contributed by atoms with Gasteiger partial charge in [0.05, 0.1) is 10.4 Å². The third-order valence-corrected chi connectivity index (χ3v) is 5.13. The molecule has 0 saturated carbocycles. The molecule has 21 heavy (non-hydrogen) atoms. The SMILES string of the molecule is CCCC(C)(C)NS(=O)(=O)c1ccc2nc(Cl)ccc2c1. The zero-order chi connectivity index (χ0) is 15.7. The molecule has 0 fully saturated rings. The van der Waals surface area contributed by atoms with Crippen molar-refractivity contribution in [3.05, 3.63) is 35.5 Å². The summed E-state index contributed by atoms with van der Waals surface area (Å²) < 4.78 is 27.7. The van der Waals surface area contributed by atoms with Crippen LogP contribution in [0.5, 0.6) is 0 Å². The summed E-state index contributed by atoms with van der Waals surface area (Å²) in [5, 5.41) is 1.14. The molecule has 2 aromatic rings. The van der Waals surface area contributed by atoms with Gasteiger partial charge < -0.3 is 0 Å². The van der Waals surface area contributed by atoms with Crippen molar-refractivity contribution in [2.24, 2.45) is 0 Å². The third kappa shape index (κ3) is 3.93. The molecule has 114 valence electrons. The molecule has 0 saturated heterocycles. The highest BCUT2D eigenvalue weighted by Crippen LogP contribution is 2.22. The van der Waals surface area contributed by atoms with E-state index in [0.29, 0.717) is 10.7 Å². The largest absolute Gasteiger partial charge is 0.241 e. The zero-order valence-corrected chi connectivity index (χ0v) is 13.9. The minimum absolute atomic E-state index is 0.239. The Morgan fingerprint density at radius 3 is 2.62 bits per heavy atom. The fraction of sp³-hybridized carbons (Fsp3) is 0.400. The number of fused-ring (bicyclic) bond motifs is 1. The van der Waals surface area contributed by atoms with Crippen LogP contribution in [0.15, 0.2) is 35.2 Å². The molecule has 1 heterocycles. The molecule has 0 bridgehead atoms. The van der Waals surface area contributed by atoms with E-state index in [9.17, 15) is 8.42 Å². The van der Waals surface area contributed by atoms with Gasteiger partial charge in [-0.1, -0.05) is 24.9 Å². The van der Waals surface area contributed by atoms with Crippen molar-refractivity contribution in [1.29, 1.82) is 0 Å². The van der Waals surface area contributed by atoms with Gasteiger partial charge in [-0.3, -0.25) is 0 Å². The lowest BCUT2D eigenvalue weighted by atomic mass is 10.0. The van der Waals surface area contributed by atoms with Gasteiger partial charge in [0.25, 0.3) is 0 Å². The van der Waals surface area contributed by atoms with Crippen molar-refractivity contribution in [3.63, 3.8) is 0 Å². The van der Waals surface area contributed by atoms with E-state index in [2.05, 4.69) is 9.71 Å². The summed E-state index contributed by atoms with van der Waals surface area (Å²) >= 11 is 5.83. The molecular formula is C15H19ClN2O2S. The lowest BCUT2D eigenvalue weighted by Crippen LogP contribution is -2.43. The molecule has 0 radical (unpaired) electrons. The van der Waals surface area contributed by atoms with Crippen LogP contribution in [0.25, 0.3) is 10.9 Å². The van der Waals surface area contributed by atoms with E-state index in [-0.39, 0.29) is 4.90 Å². The molecule has 0 spiro atoms. The Morgan fingerprint density at radius 2 is 1.95 bits per heavy atom. The minimum Gasteiger partial charge on any atom is -0.236 e. The molecule has 2 rings (SSSR count). The summed E-state index contributed by atoms with van der Waals surface area (Å²) in [7, 11) is -3.55. The molecule has 0 amide bonds. The fourth-order valence-electron chi connectivity index (χ4n) is 2.34. The van der Waals surface area contributed by atoms with Crippen molar-refractivity contribution >= 4 is 32.5 Å². The quantitative estimate of drug-likeness (QED) is 0.851. The molecule has 1 N–H and O–H groups in total. The maximum Gasteiger partial charge on any atom is 0.241 e. The van der Waals surface area contributed by atoms with Crippen LogP contribution in [-0.4, -0.2) is 18.9 Å². The highest BCUT2D eigenvalue weighted by Gasteiger charge is 2.25. The summed E-state index contributed by atoms with van der Waals surface area (Å²) in [6, 6.07) is 8.25. The van der Waals surface area contributed by atoms with E-state index in [1.807, 2.05) is 20.8 Å². The number of aromatic nitrogens is 1. The van der Waals surface area contributed by atoms with Crippen molar-refractivity contribution < 1.29 is 8.42 Å². The first-order chi connectivity index (χ1) is 9.73. The standard InChI is InChI=1S/C15H19ClN2O2S/c1-4-9-15(2,3)18-21(19,20)12-6-7-13-11(10-12)5-8-14(16)17-13/h5-8,10,18H,4,9H2,1-3H3. The van der Waals surface area contributed by atoms with Crippen LogP contribution in [0, 0.1) is 0 Å². The van der Waals surface area contributed by atoms with E-state index >= 15 is 0 Å². The Balaban J connectivity index is 2.38. The van der Waals surface area contributed by atoms with E-state index < -0.39 is 15.6 Å². The molecule has 1 aromatic carbocycles.